The van der Waals surface area contributed by atoms with Crippen LogP contribution in [0, 0.1) is 4.77 Å². The summed E-state index contributed by atoms with van der Waals surface area (Å²) in [5.74, 6) is 0.412. The number of carbonyl (C=O) groups is 1. The molecule has 7 heteroatoms. The normalized spacial score (nSPS) is 12.8. The maximum Gasteiger partial charge on any atom is 0.262 e. The van der Waals surface area contributed by atoms with Crippen LogP contribution in [0.4, 0.5) is 5.69 Å². The lowest BCUT2D eigenvalue weighted by molar-refractivity contribution is 0.102. The summed E-state index contributed by atoms with van der Waals surface area (Å²) in [5.41, 5.74) is 4.20. The van der Waals surface area contributed by atoms with Gasteiger partial charge in [0.25, 0.3) is 11.5 Å². The summed E-state index contributed by atoms with van der Waals surface area (Å²) in [7, 11) is 0. The first kappa shape index (κ1) is 18.6. The lowest BCUT2D eigenvalue weighted by Gasteiger charge is -2.10. The number of nitrogens with zero attached hydrogens (tertiary/aromatic N) is 1. The van der Waals surface area contributed by atoms with Gasteiger partial charge in [-0.1, -0.05) is 6.07 Å². The minimum absolute atomic E-state index is 0.226. The van der Waals surface area contributed by atoms with Crippen LogP contribution in [0.25, 0.3) is 10.9 Å². The first-order valence-electron chi connectivity index (χ1n) is 9.81. The fourth-order valence-electron chi connectivity index (χ4n) is 3.95. The number of carbonyl (C=O) groups excluding carboxylic acids is 1. The monoisotopic (exact) mass is 417 g/mol. The van der Waals surface area contributed by atoms with E-state index in [1.165, 1.54) is 15.7 Å². The van der Waals surface area contributed by atoms with Gasteiger partial charge >= 0.3 is 0 Å². The number of anilines is 1. The average molecular weight is 417 g/mol. The van der Waals surface area contributed by atoms with Gasteiger partial charge in [-0.15, -0.1) is 0 Å². The van der Waals surface area contributed by atoms with Crippen LogP contribution in [0.1, 0.15) is 33.7 Å². The molecule has 2 aromatic carbocycles. The average Bonchev–Trinajstić information content (AvgIpc) is 3.42. The van der Waals surface area contributed by atoms with Gasteiger partial charge in [-0.3, -0.25) is 14.2 Å². The van der Waals surface area contributed by atoms with Crippen molar-refractivity contribution in [3.05, 3.63) is 92.4 Å². The summed E-state index contributed by atoms with van der Waals surface area (Å²) in [6, 6.07) is 14.6. The quantitative estimate of drug-likeness (QED) is 0.481. The second-order valence-corrected chi connectivity index (χ2v) is 7.84. The predicted octanol–water partition coefficient (Wildman–Crippen LogP) is 4.44. The Kier molecular flexibility index (Phi) is 4.59. The number of fused-ring (bicyclic) bond motifs is 2. The van der Waals surface area contributed by atoms with E-state index in [4.69, 9.17) is 16.6 Å². The van der Waals surface area contributed by atoms with Crippen molar-refractivity contribution < 1.29 is 9.21 Å². The van der Waals surface area contributed by atoms with Gasteiger partial charge in [0.2, 0.25) is 0 Å². The largest absolute Gasteiger partial charge is 0.467 e. The van der Waals surface area contributed by atoms with E-state index < -0.39 is 0 Å². The molecule has 1 aliphatic carbocycles. The van der Waals surface area contributed by atoms with Gasteiger partial charge in [-0.2, -0.15) is 0 Å². The van der Waals surface area contributed by atoms with Crippen LogP contribution in [-0.2, 0) is 19.4 Å². The van der Waals surface area contributed by atoms with Gasteiger partial charge in [0.1, 0.15) is 5.76 Å². The molecule has 1 aliphatic rings. The van der Waals surface area contributed by atoms with Crippen molar-refractivity contribution in [2.75, 3.05) is 5.32 Å². The predicted molar refractivity (Wildman–Crippen MR) is 118 cm³/mol. The molecule has 150 valence electrons. The Morgan fingerprint density at radius 2 is 2.00 bits per heavy atom. The molecule has 0 spiro atoms. The molecule has 5 rings (SSSR count). The molecular weight excluding hydrogens is 398 g/mol. The summed E-state index contributed by atoms with van der Waals surface area (Å²) in [6.07, 6.45) is 4.87. The Labute approximate surface area is 177 Å². The fraction of sp³-hybridized carbons (Fsp3) is 0.174. The second kappa shape index (κ2) is 7.42. The topological polar surface area (TPSA) is 80.0 Å². The van der Waals surface area contributed by atoms with Gasteiger partial charge in [0.15, 0.2) is 4.77 Å². The molecule has 0 saturated heterocycles. The van der Waals surface area contributed by atoms with E-state index in [9.17, 15) is 9.59 Å². The summed E-state index contributed by atoms with van der Waals surface area (Å²) < 4.78 is 7.04. The van der Waals surface area contributed by atoms with Crippen LogP contribution in [0.2, 0.25) is 0 Å². The molecule has 30 heavy (non-hydrogen) atoms. The molecule has 0 saturated carbocycles. The number of aromatic amines is 1. The number of nitrogens with one attached hydrogen (secondary N) is 2. The van der Waals surface area contributed by atoms with Crippen molar-refractivity contribution in [3.8, 4) is 0 Å². The van der Waals surface area contributed by atoms with Crippen molar-refractivity contribution >= 4 is 34.7 Å². The van der Waals surface area contributed by atoms with E-state index in [2.05, 4.69) is 16.4 Å². The van der Waals surface area contributed by atoms with Gasteiger partial charge in [0, 0.05) is 11.3 Å². The third-order valence-corrected chi connectivity index (χ3v) is 5.82. The highest BCUT2D eigenvalue weighted by molar-refractivity contribution is 7.71. The van der Waals surface area contributed by atoms with Crippen LogP contribution in [0.15, 0.2) is 64.0 Å². The number of aryl methyl sites for hydroxylation is 2. The first-order chi connectivity index (χ1) is 14.6. The molecule has 2 heterocycles. The van der Waals surface area contributed by atoms with Crippen molar-refractivity contribution in [1.29, 1.82) is 0 Å². The fourth-order valence-corrected chi connectivity index (χ4v) is 4.21. The zero-order chi connectivity index (χ0) is 20.7. The highest BCUT2D eigenvalue weighted by atomic mass is 32.1. The van der Waals surface area contributed by atoms with Gasteiger partial charge in [-0.05, 0) is 85.1 Å². The maximum atomic E-state index is 12.9. The van der Waals surface area contributed by atoms with E-state index in [1.807, 2.05) is 12.1 Å². The molecule has 1 amide bonds. The standard InChI is InChI=1S/C23H19N3O3S/c27-21(24-17-8-6-14-3-1-4-15(14)11-17)16-7-9-19-20(12-16)25-23(30)26(22(19)28)13-18-5-2-10-29-18/h2,5-12H,1,3-4,13H2,(H,24,27)(H,25,30). The number of H-pyrrole nitrogens is 1. The number of hydrogen-bond acceptors (Lipinski definition) is 4. The molecule has 2 N–H and O–H groups in total. The smallest absolute Gasteiger partial charge is 0.262 e. The molecule has 0 fully saturated rings. The van der Waals surface area contributed by atoms with Gasteiger partial charge < -0.3 is 14.7 Å². The molecule has 0 aliphatic heterocycles. The molecule has 6 nitrogen and oxygen atoms in total. The third kappa shape index (κ3) is 3.37. The highest BCUT2D eigenvalue weighted by Gasteiger charge is 2.14. The van der Waals surface area contributed by atoms with Crippen molar-refractivity contribution in [2.45, 2.75) is 25.8 Å². The van der Waals surface area contributed by atoms with E-state index in [0.29, 0.717) is 22.2 Å². The van der Waals surface area contributed by atoms with Crippen LogP contribution >= 0.6 is 12.2 Å². The van der Waals surface area contributed by atoms with Crippen LogP contribution in [-0.4, -0.2) is 15.5 Å². The Hall–Kier alpha value is -3.45. The minimum atomic E-state index is -0.228. The molecule has 2 aromatic heterocycles. The summed E-state index contributed by atoms with van der Waals surface area (Å²) in [6.45, 7) is 0.248. The first-order valence-corrected chi connectivity index (χ1v) is 10.2. The van der Waals surface area contributed by atoms with Crippen LogP contribution in [0.3, 0.4) is 0 Å². The van der Waals surface area contributed by atoms with E-state index in [0.717, 1.165) is 24.9 Å². The molecule has 0 radical (unpaired) electrons. The van der Waals surface area contributed by atoms with Crippen LogP contribution < -0.4 is 10.9 Å². The lowest BCUT2D eigenvalue weighted by Crippen LogP contribution is -2.23. The van der Waals surface area contributed by atoms with Gasteiger partial charge in [0.05, 0.1) is 23.7 Å². The number of amides is 1. The number of aromatic nitrogens is 2. The Balaban J connectivity index is 1.45. The second-order valence-electron chi connectivity index (χ2n) is 7.45. The Bertz CT molecular complexity index is 1380. The van der Waals surface area contributed by atoms with Crippen molar-refractivity contribution in [2.24, 2.45) is 0 Å². The minimum Gasteiger partial charge on any atom is -0.467 e. The SMILES string of the molecule is O=C(Nc1ccc2c(c1)CCC2)c1ccc2c(=O)n(Cc3ccco3)c(=S)[nH]c2c1. The maximum absolute atomic E-state index is 12.9. The Morgan fingerprint density at radius 1 is 1.13 bits per heavy atom. The number of furan rings is 1. The molecular formula is C23H19N3O3S. The Morgan fingerprint density at radius 3 is 2.83 bits per heavy atom. The lowest BCUT2D eigenvalue weighted by atomic mass is 10.1. The van der Waals surface area contributed by atoms with Gasteiger partial charge in [-0.25, -0.2) is 0 Å². The number of benzene rings is 2. The number of rotatable bonds is 4. The summed E-state index contributed by atoms with van der Waals surface area (Å²) in [4.78, 5) is 28.7. The molecule has 0 unspecified atom stereocenters. The molecule has 0 bridgehead atoms. The highest BCUT2D eigenvalue weighted by Crippen LogP contribution is 2.25. The van der Waals surface area contributed by atoms with Crippen molar-refractivity contribution in [3.63, 3.8) is 0 Å². The summed E-state index contributed by atoms with van der Waals surface area (Å²) in [5, 5.41) is 3.41. The van der Waals surface area contributed by atoms with Crippen LogP contribution in [0.5, 0.6) is 0 Å². The van der Waals surface area contributed by atoms with E-state index in [1.54, 1.807) is 36.6 Å². The zero-order valence-corrected chi connectivity index (χ0v) is 16.9. The third-order valence-electron chi connectivity index (χ3n) is 5.49. The van der Waals surface area contributed by atoms with E-state index >= 15 is 0 Å². The molecule has 4 aromatic rings. The number of hydrogen-bond donors (Lipinski definition) is 2. The molecule has 0 atom stereocenters. The summed E-state index contributed by atoms with van der Waals surface area (Å²) >= 11 is 5.36. The van der Waals surface area contributed by atoms with Crippen molar-refractivity contribution in [1.82, 2.24) is 9.55 Å². The zero-order valence-electron chi connectivity index (χ0n) is 16.1. The van der Waals surface area contributed by atoms with E-state index in [-0.39, 0.29) is 22.8 Å².